The van der Waals surface area contributed by atoms with Gasteiger partial charge in [0.2, 0.25) is 0 Å². The van der Waals surface area contributed by atoms with E-state index in [4.69, 9.17) is 0 Å². The van der Waals surface area contributed by atoms with Crippen LogP contribution in [0.5, 0.6) is 0 Å². The molecule has 0 aromatic carbocycles. The number of hydrogen-bond acceptors (Lipinski definition) is 6. The molecule has 2 aromatic rings. The number of carbonyl (C=O) groups excluding carboxylic acids is 2. The molecule has 1 N–H and O–H groups in total. The summed E-state index contributed by atoms with van der Waals surface area (Å²) in [5.74, 6) is 0.307. The largest absolute Gasteiger partial charge is 0.372 e. The summed E-state index contributed by atoms with van der Waals surface area (Å²) in [6.07, 6.45) is 0. The Kier molecular flexibility index (Phi) is 3.46. The van der Waals surface area contributed by atoms with Crippen LogP contribution in [0.3, 0.4) is 0 Å². The predicted octanol–water partition coefficient (Wildman–Crippen LogP) is 0.534. The lowest BCUT2D eigenvalue weighted by Gasteiger charge is -2.30. The average Bonchev–Trinajstić information content (AvgIpc) is 2.95. The van der Waals surface area contributed by atoms with Gasteiger partial charge in [-0.05, 0) is 11.4 Å². The second kappa shape index (κ2) is 5.28. The Morgan fingerprint density at radius 1 is 1.29 bits per heavy atom. The van der Waals surface area contributed by atoms with Crippen LogP contribution in [0.25, 0.3) is 10.2 Å². The van der Waals surface area contributed by atoms with E-state index in [2.05, 4.69) is 15.3 Å². The van der Waals surface area contributed by atoms with Crippen LogP contribution in [0.2, 0.25) is 0 Å². The minimum atomic E-state index is -0.496. The number of aromatic nitrogens is 2. The van der Waals surface area contributed by atoms with Crippen LogP contribution in [0.1, 0.15) is 5.82 Å². The van der Waals surface area contributed by atoms with Crippen molar-refractivity contribution in [2.75, 3.05) is 32.5 Å². The molecule has 0 unspecified atom stereocenters. The van der Waals surface area contributed by atoms with E-state index in [0.717, 1.165) is 16.0 Å². The maximum absolute atomic E-state index is 12.0. The molecule has 1 saturated heterocycles. The summed E-state index contributed by atoms with van der Waals surface area (Å²) in [6.45, 7) is 1.29. The van der Waals surface area contributed by atoms with Gasteiger partial charge in [0.15, 0.2) is 5.82 Å². The van der Waals surface area contributed by atoms with E-state index in [1.54, 1.807) is 14.1 Å². The van der Waals surface area contributed by atoms with Crippen molar-refractivity contribution in [2.24, 2.45) is 0 Å². The van der Waals surface area contributed by atoms with Crippen LogP contribution >= 0.6 is 11.3 Å². The van der Waals surface area contributed by atoms with Gasteiger partial charge in [-0.3, -0.25) is 9.59 Å². The number of piperazine rings is 1. The van der Waals surface area contributed by atoms with Crippen molar-refractivity contribution in [1.29, 1.82) is 0 Å². The molecular weight excluding hydrogens is 290 g/mol. The van der Waals surface area contributed by atoms with E-state index in [-0.39, 0.29) is 6.54 Å². The summed E-state index contributed by atoms with van der Waals surface area (Å²) in [5.41, 5.74) is 0. The van der Waals surface area contributed by atoms with Gasteiger partial charge in [0.05, 0.1) is 11.9 Å². The first-order valence-corrected chi connectivity index (χ1v) is 7.44. The highest BCUT2D eigenvalue weighted by Gasteiger charge is 2.30. The van der Waals surface area contributed by atoms with E-state index < -0.39 is 11.8 Å². The molecule has 2 amide bonds. The lowest BCUT2D eigenvalue weighted by Crippen LogP contribution is -2.52. The van der Waals surface area contributed by atoms with Crippen molar-refractivity contribution >= 4 is 39.2 Å². The summed E-state index contributed by atoms with van der Waals surface area (Å²) in [6, 6.07) is 1.96. The molecule has 0 atom stereocenters. The molecule has 0 radical (unpaired) electrons. The quantitative estimate of drug-likeness (QED) is 0.837. The number of fused-ring (bicyclic) bond motifs is 1. The third kappa shape index (κ3) is 2.42. The first-order valence-electron chi connectivity index (χ1n) is 6.56. The van der Waals surface area contributed by atoms with Crippen LogP contribution in [0, 0.1) is 0 Å². The molecule has 1 fully saturated rings. The molecule has 110 valence electrons. The van der Waals surface area contributed by atoms with Gasteiger partial charge in [0.25, 0.3) is 0 Å². The highest BCUT2D eigenvalue weighted by Crippen LogP contribution is 2.25. The van der Waals surface area contributed by atoms with Crippen LogP contribution in [0.4, 0.5) is 5.82 Å². The minimum absolute atomic E-state index is 0.251. The van der Waals surface area contributed by atoms with Crippen molar-refractivity contribution in [3.05, 3.63) is 17.3 Å². The Labute approximate surface area is 125 Å². The van der Waals surface area contributed by atoms with E-state index in [0.29, 0.717) is 18.9 Å². The van der Waals surface area contributed by atoms with E-state index in [1.807, 2.05) is 11.4 Å². The summed E-state index contributed by atoms with van der Waals surface area (Å²) < 4.78 is 0. The number of rotatable bonds is 3. The zero-order chi connectivity index (χ0) is 15.0. The highest BCUT2D eigenvalue weighted by atomic mass is 32.1. The fraction of sp³-hybridized carbons (Fsp3) is 0.385. The summed E-state index contributed by atoms with van der Waals surface area (Å²) >= 11 is 1.53. The first kappa shape index (κ1) is 13.7. The summed E-state index contributed by atoms with van der Waals surface area (Å²) in [7, 11) is 3.43. The second-order valence-corrected chi connectivity index (χ2v) is 5.73. The third-order valence-corrected chi connectivity index (χ3v) is 4.27. The number of nitrogens with one attached hydrogen (secondary N) is 1. The smallest absolute Gasteiger partial charge is 0.312 e. The van der Waals surface area contributed by atoms with Crippen LogP contribution in [-0.2, 0) is 16.1 Å². The van der Waals surface area contributed by atoms with Gasteiger partial charge in [-0.2, -0.15) is 0 Å². The van der Waals surface area contributed by atoms with Gasteiger partial charge >= 0.3 is 11.8 Å². The third-order valence-electron chi connectivity index (χ3n) is 3.46. The molecule has 1 aliphatic heterocycles. The van der Waals surface area contributed by atoms with E-state index >= 15 is 0 Å². The second-order valence-electron chi connectivity index (χ2n) is 4.83. The Morgan fingerprint density at radius 2 is 2.10 bits per heavy atom. The normalized spacial score (nSPS) is 15.9. The molecule has 8 heteroatoms. The molecule has 3 heterocycles. The fourth-order valence-electron chi connectivity index (χ4n) is 2.25. The number of anilines is 1. The minimum Gasteiger partial charge on any atom is -0.372 e. The molecule has 2 aromatic heterocycles. The number of hydrogen-bond donors (Lipinski definition) is 1. The number of carbonyl (C=O) groups is 2. The molecule has 0 saturated carbocycles. The van der Waals surface area contributed by atoms with Gasteiger partial charge < -0.3 is 15.1 Å². The Morgan fingerprint density at radius 3 is 2.86 bits per heavy atom. The number of amides is 2. The summed E-state index contributed by atoms with van der Waals surface area (Å²) in [4.78, 5) is 36.4. The monoisotopic (exact) mass is 305 g/mol. The van der Waals surface area contributed by atoms with Gasteiger partial charge in [-0.15, -0.1) is 11.3 Å². The van der Waals surface area contributed by atoms with Crippen molar-refractivity contribution < 1.29 is 9.59 Å². The Hall–Kier alpha value is -2.22. The van der Waals surface area contributed by atoms with Gasteiger partial charge in [-0.1, -0.05) is 0 Å². The molecule has 0 spiro atoms. The first-order chi connectivity index (χ1) is 10.1. The topological polar surface area (TPSA) is 78.4 Å². The zero-order valence-corrected chi connectivity index (χ0v) is 12.6. The molecule has 21 heavy (non-hydrogen) atoms. The number of thiophene rings is 1. The molecule has 1 aliphatic rings. The molecule has 0 bridgehead atoms. The van der Waals surface area contributed by atoms with Crippen LogP contribution in [-0.4, -0.2) is 58.8 Å². The van der Waals surface area contributed by atoms with Crippen molar-refractivity contribution in [2.45, 2.75) is 6.54 Å². The standard InChI is InChI=1S/C13H15N5O2S/c1-14-10-8-3-6-21-11(8)16-9(15-10)7-18-5-4-17(2)12(19)13(18)20/h3,6H,4-5,7H2,1-2H3,(H,14,15,16). The van der Waals surface area contributed by atoms with Gasteiger partial charge in [0.1, 0.15) is 10.6 Å². The number of nitrogens with zero attached hydrogens (tertiary/aromatic N) is 4. The van der Waals surface area contributed by atoms with Crippen molar-refractivity contribution in [3.8, 4) is 0 Å². The Bertz CT molecular complexity index is 714. The summed E-state index contributed by atoms with van der Waals surface area (Å²) in [5, 5.41) is 5.96. The number of likely N-dealkylation sites (N-methyl/N-ethyl adjacent to an activating group) is 1. The van der Waals surface area contributed by atoms with E-state index in [9.17, 15) is 9.59 Å². The molecule has 7 nitrogen and oxygen atoms in total. The maximum atomic E-state index is 12.0. The van der Waals surface area contributed by atoms with Gasteiger partial charge in [-0.25, -0.2) is 9.97 Å². The van der Waals surface area contributed by atoms with E-state index in [1.165, 1.54) is 21.1 Å². The van der Waals surface area contributed by atoms with Crippen molar-refractivity contribution in [1.82, 2.24) is 19.8 Å². The predicted molar refractivity (Wildman–Crippen MR) is 80.0 cm³/mol. The molecule has 0 aliphatic carbocycles. The SMILES string of the molecule is CNc1nc(CN2CCN(C)C(=O)C2=O)nc2sccc12. The van der Waals surface area contributed by atoms with Crippen LogP contribution < -0.4 is 5.32 Å². The molecule has 3 rings (SSSR count). The maximum Gasteiger partial charge on any atom is 0.312 e. The fourth-order valence-corrected chi connectivity index (χ4v) is 3.04. The lowest BCUT2D eigenvalue weighted by molar-refractivity contribution is -0.155. The molecular formula is C13H15N5O2S. The van der Waals surface area contributed by atoms with Gasteiger partial charge in [0, 0.05) is 27.2 Å². The average molecular weight is 305 g/mol. The highest BCUT2D eigenvalue weighted by molar-refractivity contribution is 7.16. The zero-order valence-electron chi connectivity index (χ0n) is 11.8. The van der Waals surface area contributed by atoms with Crippen LogP contribution in [0.15, 0.2) is 11.4 Å². The Balaban J connectivity index is 1.88. The lowest BCUT2D eigenvalue weighted by atomic mass is 10.3. The van der Waals surface area contributed by atoms with Crippen molar-refractivity contribution in [3.63, 3.8) is 0 Å².